The quantitative estimate of drug-likeness (QED) is 0.216. The lowest BCUT2D eigenvalue weighted by Gasteiger charge is -2.37. The van der Waals surface area contributed by atoms with Gasteiger partial charge in [0.1, 0.15) is 0 Å². The molecular weight excluding hydrogens is 492 g/mol. The lowest BCUT2D eigenvalue weighted by Crippen LogP contribution is -2.31. The van der Waals surface area contributed by atoms with Crippen molar-refractivity contribution in [3.05, 3.63) is 177 Å². The molecule has 0 saturated heterocycles. The Labute approximate surface area is 235 Å². The second kappa shape index (κ2) is 9.26. The van der Waals surface area contributed by atoms with Crippen molar-refractivity contribution in [3.8, 4) is 11.1 Å². The summed E-state index contributed by atoms with van der Waals surface area (Å²) in [5.41, 5.74) is 11.2. The molecule has 0 aromatic heterocycles. The van der Waals surface area contributed by atoms with Crippen LogP contribution in [0.3, 0.4) is 0 Å². The van der Waals surface area contributed by atoms with E-state index in [1.165, 1.54) is 60.8 Å². The Kier molecular flexibility index (Phi) is 5.69. The number of hydrogen-bond donors (Lipinski definition) is 0. The number of hydrogen-bond acceptors (Lipinski definition) is 0. The fourth-order valence-electron chi connectivity index (χ4n) is 6.92. The zero-order valence-corrected chi connectivity index (χ0v) is 22.9. The fourth-order valence-corrected chi connectivity index (χ4v) is 7.10. The van der Waals surface area contributed by atoms with Crippen molar-refractivity contribution in [1.29, 1.82) is 0 Å². The minimum atomic E-state index is -0.482. The van der Waals surface area contributed by atoms with E-state index in [0.717, 1.165) is 5.02 Å². The molecule has 0 N–H and O–H groups in total. The highest BCUT2D eigenvalue weighted by atomic mass is 35.5. The van der Waals surface area contributed by atoms with E-state index in [4.69, 9.17) is 11.6 Å². The van der Waals surface area contributed by atoms with Gasteiger partial charge in [0, 0.05) is 10.9 Å². The van der Waals surface area contributed by atoms with Crippen molar-refractivity contribution in [2.24, 2.45) is 0 Å². The van der Waals surface area contributed by atoms with Crippen LogP contribution in [-0.4, -0.2) is 0 Å². The zero-order chi connectivity index (χ0) is 26.6. The third-order valence-corrected chi connectivity index (χ3v) is 8.90. The summed E-state index contributed by atoms with van der Waals surface area (Å²) in [5, 5.41) is 3.33. The van der Waals surface area contributed by atoms with E-state index in [0.29, 0.717) is 0 Å². The van der Waals surface area contributed by atoms with E-state index in [9.17, 15) is 0 Å². The van der Waals surface area contributed by atoms with E-state index in [2.05, 4.69) is 147 Å². The Balaban J connectivity index is 1.67. The van der Waals surface area contributed by atoms with Gasteiger partial charge in [-0.1, -0.05) is 140 Å². The number of rotatable bonds is 4. The summed E-state index contributed by atoms with van der Waals surface area (Å²) in [6.07, 6.45) is 0. The Morgan fingerprint density at radius 2 is 1.26 bits per heavy atom. The third-order valence-electron chi connectivity index (χ3n) is 8.67. The second-order valence-corrected chi connectivity index (χ2v) is 11.1. The first-order valence-corrected chi connectivity index (χ1v) is 14.0. The molecule has 188 valence electrons. The predicted molar refractivity (Wildman–Crippen MR) is 165 cm³/mol. The van der Waals surface area contributed by atoms with Gasteiger partial charge in [0.05, 0.1) is 5.41 Å². The molecule has 0 aliphatic heterocycles. The summed E-state index contributed by atoms with van der Waals surface area (Å²) in [6.45, 7) is 4.55. The van der Waals surface area contributed by atoms with Crippen molar-refractivity contribution in [2.75, 3.05) is 0 Å². The van der Waals surface area contributed by atoms with Crippen LogP contribution in [0.4, 0.5) is 0 Å². The summed E-state index contributed by atoms with van der Waals surface area (Å²) >= 11 is 6.76. The summed E-state index contributed by atoms with van der Waals surface area (Å²) in [6, 6.07) is 48.7. The monoisotopic (exact) mass is 520 g/mol. The van der Waals surface area contributed by atoms with Crippen molar-refractivity contribution in [3.63, 3.8) is 0 Å². The molecule has 0 heterocycles. The number of halogens is 1. The normalized spacial score (nSPS) is 16.6. The fraction of sp³-hybridized carbons (Fsp3) is 0.105. The van der Waals surface area contributed by atoms with E-state index >= 15 is 0 Å². The van der Waals surface area contributed by atoms with Crippen LogP contribution in [0.1, 0.15) is 51.8 Å². The maximum Gasteiger partial charge on any atom is 0.0719 e. The lowest BCUT2D eigenvalue weighted by atomic mass is 9.64. The minimum Gasteiger partial charge on any atom is -0.0843 e. The molecule has 2 atom stereocenters. The molecule has 0 bridgehead atoms. The van der Waals surface area contributed by atoms with E-state index < -0.39 is 5.41 Å². The maximum atomic E-state index is 6.76. The first-order valence-electron chi connectivity index (χ1n) is 13.6. The van der Waals surface area contributed by atoms with E-state index in [-0.39, 0.29) is 5.92 Å². The highest BCUT2D eigenvalue weighted by Gasteiger charge is 2.48. The van der Waals surface area contributed by atoms with Crippen LogP contribution in [0.25, 0.3) is 21.9 Å². The van der Waals surface area contributed by atoms with Gasteiger partial charge in [0.25, 0.3) is 0 Å². The molecule has 6 aromatic carbocycles. The second-order valence-electron chi connectivity index (χ2n) is 10.7. The Morgan fingerprint density at radius 1 is 0.590 bits per heavy atom. The highest BCUT2D eigenvalue weighted by molar-refractivity contribution is 6.30. The number of fused-ring (bicyclic) bond motifs is 5. The molecule has 0 saturated carbocycles. The highest BCUT2D eigenvalue weighted by Crippen LogP contribution is 2.59. The molecule has 7 rings (SSSR count). The van der Waals surface area contributed by atoms with Crippen LogP contribution in [0.5, 0.6) is 0 Å². The molecule has 6 aromatic rings. The summed E-state index contributed by atoms with van der Waals surface area (Å²) in [4.78, 5) is 0. The zero-order valence-electron chi connectivity index (χ0n) is 22.2. The van der Waals surface area contributed by atoms with Crippen LogP contribution >= 0.6 is 11.6 Å². The Bertz CT molecular complexity index is 1850. The van der Waals surface area contributed by atoms with Crippen molar-refractivity contribution in [2.45, 2.75) is 25.2 Å². The first kappa shape index (κ1) is 23.9. The van der Waals surface area contributed by atoms with E-state index in [1.54, 1.807) is 0 Å². The molecule has 1 heteroatoms. The number of aryl methyl sites for hydroxylation is 1. The molecular formula is C38H29Cl. The maximum absolute atomic E-state index is 6.76. The predicted octanol–water partition coefficient (Wildman–Crippen LogP) is 10.3. The molecule has 0 radical (unpaired) electrons. The molecule has 39 heavy (non-hydrogen) atoms. The van der Waals surface area contributed by atoms with Gasteiger partial charge >= 0.3 is 0 Å². The smallest absolute Gasteiger partial charge is 0.0719 e. The van der Waals surface area contributed by atoms with Gasteiger partial charge in [-0.15, -0.1) is 0 Å². The number of benzene rings is 6. The molecule has 1 aliphatic rings. The Morgan fingerprint density at radius 3 is 2.08 bits per heavy atom. The summed E-state index contributed by atoms with van der Waals surface area (Å²) < 4.78 is 0. The summed E-state index contributed by atoms with van der Waals surface area (Å²) in [5.74, 6) is 0.164. The van der Waals surface area contributed by atoms with Crippen molar-refractivity contribution in [1.82, 2.24) is 0 Å². The largest absolute Gasteiger partial charge is 0.0843 e. The average Bonchev–Trinajstić information content (AvgIpc) is 3.29. The van der Waals surface area contributed by atoms with Gasteiger partial charge in [0.15, 0.2) is 0 Å². The Hall–Kier alpha value is -4.13. The van der Waals surface area contributed by atoms with E-state index in [1.807, 2.05) is 0 Å². The van der Waals surface area contributed by atoms with Crippen molar-refractivity contribution < 1.29 is 0 Å². The van der Waals surface area contributed by atoms with Gasteiger partial charge in [0.2, 0.25) is 0 Å². The lowest BCUT2D eigenvalue weighted by molar-refractivity contribution is 0.734. The molecule has 2 unspecified atom stereocenters. The van der Waals surface area contributed by atoms with Gasteiger partial charge in [-0.05, 0) is 79.9 Å². The van der Waals surface area contributed by atoms with Gasteiger partial charge in [-0.25, -0.2) is 0 Å². The standard InChI is InChI=1S/C38H29Cl/c1-25-12-6-10-18-33(25)38(35-23-21-29(39)24-32(35)26(2)27-13-4-3-5-14-27)34-19-11-9-17-31(34)37-30-16-8-7-15-28(30)20-22-36(37)38/h3-24,26H,1-2H3. The van der Waals surface area contributed by atoms with Crippen molar-refractivity contribution >= 4 is 22.4 Å². The molecule has 0 amide bonds. The van der Waals surface area contributed by atoms with Gasteiger partial charge < -0.3 is 0 Å². The summed E-state index contributed by atoms with van der Waals surface area (Å²) in [7, 11) is 0. The molecule has 0 fully saturated rings. The van der Waals surface area contributed by atoms with Crippen LogP contribution in [-0.2, 0) is 5.41 Å². The van der Waals surface area contributed by atoms with Crippen LogP contribution in [0, 0.1) is 6.92 Å². The molecule has 0 nitrogen and oxygen atoms in total. The average molecular weight is 521 g/mol. The minimum absolute atomic E-state index is 0.164. The van der Waals surface area contributed by atoms with Crippen LogP contribution in [0.15, 0.2) is 133 Å². The first-order chi connectivity index (χ1) is 19.1. The van der Waals surface area contributed by atoms with Gasteiger partial charge in [-0.2, -0.15) is 0 Å². The van der Waals surface area contributed by atoms with Crippen LogP contribution < -0.4 is 0 Å². The molecule has 0 spiro atoms. The SMILES string of the molecule is Cc1ccccc1C1(c2ccc(Cl)cc2C(C)c2ccccc2)c2ccccc2-c2c1ccc1ccccc21. The topological polar surface area (TPSA) is 0 Å². The third kappa shape index (κ3) is 3.52. The van der Waals surface area contributed by atoms with Crippen LogP contribution in [0.2, 0.25) is 5.02 Å². The van der Waals surface area contributed by atoms with Gasteiger partial charge in [-0.3, -0.25) is 0 Å². The molecule has 1 aliphatic carbocycles.